The molecule has 0 spiro atoms. The Kier molecular flexibility index (Phi) is 3.13. The Morgan fingerprint density at radius 2 is 2.07 bits per heavy atom. The lowest BCUT2D eigenvalue weighted by molar-refractivity contribution is 0.482. The summed E-state index contributed by atoms with van der Waals surface area (Å²) in [7, 11) is -4.16. The van der Waals surface area contributed by atoms with Gasteiger partial charge in [-0.2, -0.15) is 8.42 Å². The molecule has 0 atom stereocenters. The average Bonchev–Trinajstić information content (AvgIpc) is 2.07. The van der Waals surface area contributed by atoms with Crippen LogP contribution in [0.5, 0.6) is 0 Å². The zero-order valence-electron chi connectivity index (χ0n) is 7.90. The Morgan fingerprint density at radius 1 is 1.43 bits per heavy atom. The quantitative estimate of drug-likeness (QED) is 0.591. The first-order chi connectivity index (χ1) is 6.46. The summed E-state index contributed by atoms with van der Waals surface area (Å²) in [5, 5.41) is 0. The molecule has 0 saturated heterocycles. The maximum atomic E-state index is 11.0. The Labute approximate surface area is 83.5 Å². The van der Waals surface area contributed by atoms with Crippen molar-refractivity contribution in [2.24, 2.45) is 0 Å². The lowest BCUT2D eigenvalue weighted by Gasteiger charge is -2.08. The van der Waals surface area contributed by atoms with Crippen LogP contribution in [0.4, 0.5) is 5.69 Å². The maximum Gasteiger partial charge on any atom is 0.294 e. The summed E-state index contributed by atoms with van der Waals surface area (Å²) >= 11 is 0. The summed E-state index contributed by atoms with van der Waals surface area (Å²) in [5.74, 6) is 0. The Bertz CT molecular complexity index is 426. The van der Waals surface area contributed by atoms with Gasteiger partial charge in [-0.1, -0.05) is 19.4 Å². The first kappa shape index (κ1) is 11.0. The highest BCUT2D eigenvalue weighted by Gasteiger charge is 2.16. The molecule has 0 radical (unpaired) electrons. The fourth-order valence-electron chi connectivity index (χ4n) is 1.34. The van der Waals surface area contributed by atoms with Crippen molar-refractivity contribution in [2.45, 2.75) is 24.7 Å². The van der Waals surface area contributed by atoms with Crippen LogP contribution in [0.25, 0.3) is 0 Å². The zero-order chi connectivity index (χ0) is 10.8. The van der Waals surface area contributed by atoms with Crippen LogP contribution in [-0.2, 0) is 16.5 Å². The van der Waals surface area contributed by atoms with E-state index in [1.807, 2.05) is 6.92 Å². The van der Waals surface area contributed by atoms with Crippen LogP contribution >= 0.6 is 0 Å². The summed E-state index contributed by atoms with van der Waals surface area (Å²) in [6, 6.07) is 4.49. The minimum Gasteiger partial charge on any atom is -0.398 e. The molecule has 0 aromatic heterocycles. The predicted molar refractivity (Wildman–Crippen MR) is 54.7 cm³/mol. The third kappa shape index (κ3) is 2.24. The van der Waals surface area contributed by atoms with Crippen molar-refractivity contribution in [3.8, 4) is 0 Å². The van der Waals surface area contributed by atoms with E-state index in [-0.39, 0.29) is 4.90 Å². The molecule has 78 valence electrons. The SMILES string of the molecule is CCCc1c(N)cccc1S(=O)(=O)O. The van der Waals surface area contributed by atoms with Crippen molar-refractivity contribution in [3.05, 3.63) is 23.8 Å². The molecule has 1 rings (SSSR count). The number of rotatable bonds is 3. The molecular formula is C9H13NO3S. The van der Waals surface area contributed by atoms with Gasteiger partial charge in [0.1, 0.15) is 0 Å². The van der Waals surface area contributed by atoms with Crippen LogP contribution < -0.4 is 5.73 Å². The largest absolute Gasteiger partial charge is 0.398 e. The van der Waals surface area contributed by atoms with Gasteiger partial charge in [0.2, 0.25) is 0 Å². The van der Waals surface area contributed by atoms with Crippen LogP contribution in [0.1, 0.15) is 18.9 Å². The van der Waals surface area contributed by atoms with Crippen LogP contribution in [0.2, 0.25) is 0 Å². The molecular weight excluding hydrogens is 202 g/mol. The second-order valence-corrected chi connectivity index (χ2v) is 4.44. The van der Waals surface area contributed by atoms with Crippen molar-refractivity contribution in [2.75, 3.05) is 5.73 Å². The average molecular weight is 215 g/mol. The number of anilines is 1. The standard InChI is InChI=1S/C9H13NO3S/c1-2-4-7-8(10)5-3-6-9(7)14(11,12)13/h3,5-6H,2,4,10H2,1H3,(H,11,12,13). The van der Waals surface area contributed by atoms with Crippen molar-refractivity contribution >= 4 is 15.8 Å². The molecule has 0 unspecified atom stereocenters. The van der Waals surface area contributed by atoms with Gasteiger partial charge in [0.25, 0.3) is 10.1 Å². The first-order valence-corrected chi connectivity index (χ1v) is 5.75. The third-order valence-electron chi connectivity index (χ3n) is 1.95. The Balaban J connectivity index is 3.36. The molecule has 0 amide bonds. The number of benzene rings is 1. The van der Waals surface area contributed by atoms with E-state index in [9.17, 15) is 8.42 Å². The lowest BCUT2D eigenvalue weighted by atomic mass is 10.1. The van der Waals surface area contributed by atoms with Crippen LogP contribution in [-0.4, -0.2) is 13.0 Å². The van der Waals surface area contributed by atoms with Crippen molar-refractivity contribution in [1.29, 1.82) is 0 Å². The van der Waals surface area contributed by atoms with E-state index < -0.39 is 10.1 Å². The van der Waals surface area contributed by atoms with Gasteiger partial charge in [-0.05, 0) is 24.1 Å². The molecule has 1 aromatic carbocycles. The molecule has 0 bridgehead atoms. The fourth-order valence-corrected chi connectivity index (χ4v) is 2.12. The normalized spacial score (nSPS) is 11.6. The van der Waals surface area contributed by atoms with Gasteiger partial charge in [-0.25, -0.2) is 0 Å². The summed E-state index contributed by atoms with van der Waals surface area (Å²) in [6.07, 6.45) is 1.32. The van der Waals surface area contributed by atoms with Crippen molar-refractivity contribution < 1.29 is 13.0 Å². The monoisotopic (exact) mass is 215 g/mol. The highest BCUT2D eigenvalue weighted by molar-refractivity contribution is 7.85. The summed E-state index contributed by atoms with van der Waals surface area (Å²) in [5.41, 5.74) is 6.53. The van der Waals surface area contributed by atoms with Gasteiger partial charge in [0.05, 0.1) is 4.90 Å². The van der Waals surface area contributed by atoms with Crippen molar-refractivity contribution in [1.82, 2.24) is 0 Å². The molecule has 0 fully saturated rings. The van der Waals surface area contributed by atoms with Crippen LogP contribution in [0, 0.1) is 0 Å². The first-order valence-electron chi connectivity index (χ1n) is 4.31. The molecule has 14 heavy (non-hydrogen) atoms. The molecule has 0 saturated carbocycles. The van der Waals surface area contributed by atoms with Gasteiger partial charge in [-0.15, -0.1) is 0 Å². The minimum absolute atomic E-state index is 0.0839. The highest BCUT2D eigenvalue weighted by atomic mass is 32.2. The van der Waals surface area contributed by atoms with E-state index in [1.54, 1.807) is 6.07 Å². The van der Waals surface area contributed by atoms with E-state index in [4.69, 9.17) is 10.3 Å². The molecule has 5 heteroatoms. The summed E-state index contributed by atoms with van der Waals surface area (Å²) in [6.45, 7) is 1.92. The van der Waals surface area contributed by atoms with Gasteiger partial charge in [-0.3, -0.25) is 4.55 Å². The van der Waals surface area contributed by atoms with E-state index in [0.717, 1.165) is 6.42 Å². The topological polar surface area (TPSA) is 80.4 Å². The zero-order valence-corrected chi connectivity index (χ0v) is 8.71. The van der Waals surface area contributed by atoms with Crippen LogP contribution in [0.3, 0.4) is 0 Å². The minimum atomic E-state index is -4.16. The molecule has 3 N–H and O–H groups in total. The van der Waals surface area contributed by atoms with Crippen LogP contribution in [0.15, 0.2) is 23.1 Å². The Morgan fingerprint density at radius 3 is 2.57 bits per heavy atom. The molecule has 4 nitrogen and oxygen atoms in total. The fraction of sp³-hybridized carbons (Fsp3) is 0.333. The molecule has 1 aromatic rings. The maximum absolute atomic E-state index is 11.0. The lowest BCUT2D eigenvalue weighted by Crippen LogP contribution is -2.05. The smallest absolute Gasteiger partial charge is 0.294 e. The highest BCUT2D eigenvalue weighted by Crippen LogP contribution is 2.22. The van der Waals surface area contributed by atoms with Gasteiger partial charge < -0.3 is 5.73 Å². The molecule has 0 heterocycles. The van der Waals surface area contributed by atoms with Crippen molar-refractivity contribution in [3.63, 3.8) is 0 Å². The molecule has 0 aliphatic carbocycles. The number of nitrogen functional groups attached to an aromatic ring is 1. The van der Waals surface area contributed by atoms with E-state index in [1.165, 1.54) is 12.1 Å². The second-order valence-electron chi connectivity index (χ2n) is 3.05. The number of hydrogen-bond donors (Lipinski definition) is 2. The Hall–Kier alpha value is -1.07. The third-order valence-corrected chi connectivity index (χ3v) is 2.89. The summed E-state index contributed by atoms with van der Waals surface area (Å²) < 4.78 is 30.9. The van der Waals surface area contributed by atoms with E-state index in [0.29, 0.717) is 17.7 Å². The van der Waals surface area contributed by atoms with Gasteiger partial charge in [0.15, 0.2) is 0 Å². The van der Waals surface area contributed by atoms with Gasteiger partial charge >= 0.3 is 0 Å². The molecule has 0 aliphatic heterocycles. The van der Waals surface area contributed by atoms with E-state index >= 15 is 0 Å². The number of nitrogens with two attached hydrogens (primary N) is 1. The van der Waals surface area contributed by atoms with Gasteiger partial charge in [0, 0.05) is 5.69 Å². The molecule has 0 aliphatic rings. The summed E-state index contributed by atoms with van der Waals surface area (Å²) in [4.78, 5) is -0.0839. The number of hydrogen-bond acceptors (Lipinski definition) is 3. The van der Waals surface area contributed by atoms with E-state index in [2.05, 4.69) is 0 Å². The predicted octanol–water partition coefficient (Wildman–Crippen LogP) is 1.47. The second kappa shape index (κ2) is 3.98.